The molecule has 106 valence electrons. The van der Waals surface area contributed by atoms with Gasteiger partial charge in [0.15, 0.2) is 11.9 Å². The van der Waals surface area contributed by atoms with E-state index in [4.69, 9.17) is 15.6 Å². The largest absolute Gasteiger partial charge is 0.490 e. The highest BCUT2D eigenvalue weighted by Gasteiger charge is 2.43. The third kappa shape index (κ3) is 3.32. The van der Waals surface area contributed by atoms with Gasteiger partial charge in [0.2, 0.25) is 0 Å². The van der Waals surface area contributed by atoms with Gasteiger partial charge < -0.3 is 15.6 Å². The summed E-state index contributed by atoms with van der Waals surface area (Å²) in [4.78, 5) is 9.91. The molecule has 2 atom stereocenters. The number of nitrogens with zero attached hydrogens (tertiary/aromatic N) is 1. The fourth-order valence-corrected chi connectivity index (χ4v) is 1.44. The van der Waals surface area contributed by atoms with E-state index < -0.39 is 28.9 Å². The second-order valence-electron chi connectivity index (χ2n) is 3.70. The molecular weight excluding hydrogens is 269 g/mol. The van der Waals surface area contributed by atoms with Crippen molar-refractivity contribution in [2.24, 2.45) is 5.73 Å². The van der Waals surface area contributed by atoms with Crippen LogP contribution in [0.2, 0.25) is 0 Å². The first kappa shape index (κ1) is 15.2. The van der Waals surface area contributed by atoms with E-state index >= 15 is 0 Å². The van der Waals surface area contributed by atoms with Crippen molar-refractivity contribution < 1.29 is 27.9 Å². The predicted molar refractivity (Wildman–Crippen MR) is 58.6 cm³/mol. The van der Waals surface area contributed by atoms with Gasteiger partial charge in [-0.05, 0) is 11.6 Å². The Bertz CT molecular complexity index is 478. The highest BCUT2D eigenvalue weighted by atomic mass is 19.4. The summed E-state index contributed by atoms with van der Waals surface area (Å²) in [6.45, 7) is 0. The summed E-state index contributed by atoms with van der Waals surface area (Å²) in [6, 6.07) is 1.28. The lowest BCUT2D eigenvalue weighted by molar-refractivity contribution is -0.385. The van der Waals surface area contributed by atoms with Gasteiger partial charge in [0.1, 0.15) is 0 Å². The number of hydrogen-bond acceptors (Lipinski definition) is 5. The van der Waals surface area contributed by atoms with E-state index in [1.54, 1.807) is 0 Å². The first-order valence-corrected chi connectivity index (χ1v) is 5.01. The van der Waals surface area contributed by atoms with Gasteiger partial charge in [0.25, 0.3) is 0 Å². The molecule has 1 aromatic rings. The molecule has 0 unspecified atom stereocenters. The second-order valence-corrected chi connectivity index (χ2v) is 3.70. The minimum absolute atomic E-state index is 0.109. The molecule has 0 spiro atoms. The number of rotatable bonds is 4. The summed E-state index contributed by atoms with van der Waals surface area (Å²) in [7, 11) is 1.19. The molecule has 0 bridgehead atoms. The zero-order valence-electron chi connectivity index (χ0n) is 9.72. The molecule has 0 saturated carbocycles. The van der Waals surface area contributed by atoms with Gasteiger partial charge >= 0.3 is 11.9 Å². The lowest BCUT2D eigenvalue weighted by atomic mass is 10.0. The summed E-state index contributed by atoms with van der Waals surface area (Å²) in [5.41, 5.74) is 4.52. The Labute approximate surface area is 105 Å². The van der Waals surface area contributed by atoms with Crippen LogP contribution >= 0.6 is 0 Å². The SMILES string of the molecule is COc1ccc([C@H](N)[C@H](O)C(F)(F)F)cc1[N+](=O)[O-]. The van der Waals surface area contributed by atoms with Gasteiger partial charge in [-0.15, -0.1) is 0 Å². The number of ether oxygens (including phenoxy) is 1. The van der Waals surface area contributed by atoms with Crippen LogP contribution in [0.25, 0.3) is 0 Å². The van der Waals surface area contributed by atoms with Crippen LogP contribution in [-0.2, 0) is 0 Å². The molecule has 0 aliphatic heterocycles. The normalized spacial score (nSPS) is 14.8. The molecule has 9 heteroatoms. The Morgan fingerprint density at radius 2 is 2.05 bits per heavy atom. The topological polar surface area (TPSA) is 98.6 Å². The Morgan fingerprint density at radius 1 is 1.47 bits per heavy atom. The Balaban J connectivity index is 3.15. The molecular formula is C10H11F3N2O4. The smallest absolute Gasteiger partial charge is 0.416 e. The van der Waals surface area contributed by atoms with E-state index in [1.165, 1.54) is 7.11 Å². The number of nitro groups is 1. The molecule has 0 saturated heterocycles. The number of aliphatic hydroxyl groups is 1. The maximum Gasteiger partial charge on any atom is 0.416 e. The van der Waals surface area contributed by atoms with Crippen molar-refractivity contribution in [1.29, 1.82) is 0 Å². The van der Waals surface area contributed by atoms with Crippen molar-refractivity contribution in [3.05, 3.63) is 33.9 Å². The van der Waals surface area contributed by atoms with Crippen LogP contribution in [0.15, 0.2) is 18.2 Å². The number of nitro benzene ring substituents is 1. The number of nitrogens with two attached hydrogens (primary N) is 1. The van der Waals surface area contributed by atoms with Crippen molar-refractivity contribution in [1.82, 2.24) is 0 Å². The first-order chi connectivity index (χ1) is 8.68. The number of benzene rings is 1. The molecule has 0 heterocycles. The number of methoxy groups -OCH3 is 1. The monoisotopic (exact) mass is 280 g/mol. The molecule has 1 aromatic carbocycles. The van der Waals surface area contributed by atoms with Crippen LogP contribution in [0.3, 0.4) is 0 Å². The molecule has 0 aliphatic carbocycles. The van der Waals surface area contributed by atoms with Crippen LogP contribution in [0.4, 0.5) is 18.9 Å². The molecule has 0 amide bonds. The minimum Gasteiger partial charge on any atom is -0.490 e. The second kappa shape index (κ2) is 5.41. The Morgan fingerprint density at radius 3 is 2.47 bits per heavy atom. The molecule has 0 aliphatic rings. The molecule has 0 fully saturated rings. The standard InChI is InChI=1S/C10H11F3N2O4/c1-19-7-3-2-5(4-6(7)15(17)18)8(14)9(16)10(11,12)13/h2-4,8-9,16H,14H2,1H3/t8-,9-/m0/s1. The van der Waals surface area contributed by atoms with E-state index in [1.807, 2.05) is 0 Å². The molecule has 19 heavy (non-hydrogen) atoms. The first-order valence-electron chi connectivity index (χ1n) is 5.01. The maximum absolute atomic E-state index is 12.3. The fourth-order valence-electron chi connectivity index (χ4n) is 1.44. The van der Waals surface area contributed by atoms with E-state index in [0.29, 0.717) is 0 Å². The molecule has 3 N–H and O–H groups in total. The van der Waals surface area contributed by atoms with Gasteiger partial charge in [-0.1, -0.05) is 6.07 Å². The van der Waals surface area contributed by atoms with E-state index in [0.717, 1.165) is 18.2 Å². The van der Waals surface area contributed by atoms with Crippen LogP contribution in [0.1, 0.15) is 11.6 Å². The predicted octanol–water partition coefficient (Wildman–Crippen LogP) is 1.53. The number of hydrogen-bond donors (Lipinski definition) is 2. The molecule has 0 aromatic heterocycles. The summed E-state index contributed by atoms with van der Waals surface area (Å²) in [6.07, 6.45) is -7.71. The van der Waals surface area contributed by atoms with Crippen LogP contribution in [0.5, 0.6) is 5.75 Å². The maximum atomic E-state index is 12.3. The Hall–Kier alpha value is -1.87. The summed E-state index contributed by atoms with van der Waals surface area (Å²) in [5, 5.41) is 19.7. The van der Waals surface area contributed by atoms with Crippen molar-refractivity contribution >= 4 is 5.69 Å². The number of aliphatic hydroxyl groups excluding tert-OH is 1. The van der Waals surface area contributed by atoms with Crippen molar-refractivity contribution in [2.75, 3.05) is 7.11 Å². The van der Waals surface area contributed by atoms with E-state index in [2.05, 4.69) is 0 Å². The lowest BCUT2D eigenvalue weighted by Gasteiger charge is -2.21. The minimum atomic E-state index is -4.91. The van der Waals surface area contributed by atoms with Gasteiger partial charge in [-0.2, -0.15) is 13.2 Å². The third-order valence-corrected chi connectivity index (χ3v) is 2.46. The molecule has 0 radical (unpaired) electrons. The summed E-state index contributed by atoms with van der Waals surface area (Å²) < 4.78 is 41.6. The van der Waals surface area contributed by atoms with E-state index in [9.17, 15) is 23.3 Å². The zero-order chi connectivity index (χ0) is 14.8. The van der Waals surface area contributed by atoms with Crippen LogP contribution < -0.4 is 10.5 Å². The van der Waals surface area contributed by atoms with Gasteiger partial charge in [-0.25, -0.2) is 0 Å². The van der Waals surface area contributed by atoms with Gasteiger partial charge in [0.05, 0.1) is 18.1 Å². The van der Waals surface area contributed by atoms with Crippen molar-refractivity contribution in [3.8, 4) is 5.75 Å². The van der Waals surface area contributed by atoms with Crippen LogP contribution in [0, 0.1) is 10.1 Å². The number of halogens is 3. The van der Waals surface area contributed by atoms with Crippen molar-refractivity contribution in [2.45, 2.75) is 18.3 Å². The lowest BCUT2D eigenvalue weighted by Crippen LogP contribution is -2.38. The van der Waals surface area contributed by atoms with Gasteiger partial charge in [0, 0.05) is 6.07 Å². The quantitative estimate of drug-likeness (QED) is 0.643. The van der Waals surface area contributed by atoms with E-state index in [-0.39, 0.29) is 11.3 Å². The fraction of sp³-hybridized carbons (Fsp3) is 0.400. The third-order valence-electron chi connectivity index (χ3n) is 2.46. The molecule has 6 nitrogen and oxygen atoms in total. The average Bonchev–Trinajstić information content (AvgIpc) is 2.34. The summed E-state index contributed by atoms with van der Waals surface area (Å²) in [5.74, 6) is -0.109. The summed E-state index contributed by atoms with van der Waals surface area (Å²) >= 11 is 0. The van der Waals surface area contributed by atoms with Crippen molar-refractivity contribution in [3.63, 3.8) is 0 Å². The highest BCUT2D eigenvalue weighted by molar-refractivity contribution is 5.49. The number of alkyl halides is 3. The average molecular weight is 280 g/mol. The van der Waals surface area contributed by atoms with Gasteiger partial charge in [-0.3, -0.25) is 10.1 Å². The Kier molecular flexibility index (Phi) is 4.32. The zero-order valence-corrected chi connectivity index (χ0v) is 9.72. The highest BCUT2D eigenvalue weighted by Crippen LogP contribution is 2.33. The van der Waals surface area contributed by atoms with Crippen LogP contribution in [-0.4, -0.2) is 29.4 Å². The molecule has 1 rings (SSSR count).